The van der Waals surface area contributed by atoms with E-state index in [2.05, 4.69) is 11.8 Å². The van der Waals surface area contributed by atoms with Gasteiger partial charge in [-0.2, -0.15) is 0 Å². The SMILES string of the molecule is CCCCOc1ccc(C2/C(=C(\O)c3ccc(OCc4ccccc4)cc3)C(=O)C(=O)N2CCN2CCOCC2)cc1. The van der Waals surface area contributed by atoms with E-state index in [1.165, 1.54) is 0 Å². The fourth-order valence-electron chi connectivity index (χ4n) is 5.22. The standard InChI is InChI=1S/C34H38N2O6/c1-2-3-21-41-28-13-9-26(10-14-28)31-30(33(38)34(39)36(31)18-17-35-19-22-40-23-20-35)32(37)27-11-15-29(16-12-27)42-24-25-7-5-4-6-8-25/h4-16,31,37H,2-3,17-24H2,1H3/b32-30+. The number of ether oxygens (including phenoxy) is 3. The maximum absolute atomic E-state index is 13.4. The first kappa shape index (κ1) is 29.4. The number of carbonyl (C=O) groups is 2. The molecule has 0 spiro atoms. The fraction of sp³-hybridized carbons (Fsp3) is 0.353. The lowest BCUT2D eigenvalue weighted by Crippen LogP contribution is -2.42. The minimum absolute atomic E-state index is 0.0829. The highest BCUT2D eigenvalue weighted by atomic mass is 16.5. The van der Waals surface area contributed by atoms with Crippen LogP contribution in [0.15, 0.2) is 84.4 Å². The number of aliphatic hydroxyl groups excluding tert-OH is 1. The molecule has 8 nitrogen and oxygen atoms in total. The van der Waals surface area contributed by atoms with E-state index < -0.39 is 17.7 Å². The Labute approximate surface area is 247 Å². The number of ketones is 1. The molecule has 220 valence electrons. The molecule has 42 heavy (non-hydrogen) atoms. The second-order valence-corrected chi connectivity index (χ2v) is 10.5. The summed E-state index contributed by atoms with van der Waals surface area (Å²) in [6.07, 6.45) is 2.00. The van der Waals surface area contributed by atoms with Gasteiger partial charge in [0.1, 0.15) is 23.9 Å². The van der Waals surface area contributed by atoms with Gasteiger partial charge >= 0.3 is 0 Å². The minimum Gasteiger partial charge on any atom is -0.507 e. The lowest BCUT2D eigenvalue weighted by Gasteiger charge is -2.31. The topological polar surface area (TPSA) is 88.5 Å². The molecule has 2 fully saturated rings. The van der Waals surface area contributed by atoms with Gasteiger partial charge < -0.3 is 24.2 Å². The predicted molar refractivity (Wildman–Crippen MR) is 160 cm³/mol. The third-order valence-electron chi connectivity index (χ3n) is 7.64. The van der Waals surface area contributed by atoms with Crippen LogP contribution in [0.4, 0.5) is 0 Å². The van der Waals surface area contributed by atoms with Crippen LogP contribution in [-0.2, 0) is 20.9 Å². The van der Waals surface area contributed by atoms with Crippen LogP contribution < -0.4 is 9.47 Å². The Balaban J connectivity index is 1.41. The highest BCUT2D eigenvalue weighted by molar-refractivity contribution is 6.46. The molecule has 1 unspecified atom stereocenters. The van der Waals surface area contributed by atoms with Crippen molar-refractivity contribution in [2.24, 2.45) is 0 Å². The zero-order valence-electron chi connectivity index (χ0n) is 24.0. The first-order chi connectivity index (χ1) is 20.5. The molecule has 3 aromatic rings. The van der Waals surface area contributed by atoms with Crippen LogP contribution in [0.3, 0.4) is 0 Å². The van der Waals surface area contributed by atoms with E-state index in [4.69, 9.17) is 14.2 Å². The Morgan fingerprint density at radius 2 is 1.55 bits per heavy atom. The van der Waals surface area contributed by atoms with Crippen molar-refractivity contribution in [1.82, 2.24) is 9.80 Å². The lowest BCUT2D eigenvalue weighted by molar-refractivity contribution is -0.140. The third kappa shape index (κ3) is 7.01. The molecule has 0 aromatic heterocycles. The van der Waals surface area contributed by atoms with Crippen molar-refractivity contribution in [2.75, 3.05) is 46.0 Å². The number of aliphatic hydroxyl groups is 1. The number of benzene rings is 3. The number of carbonyl (C=O) groups excluding carboxylic acids is 2. The maximum Gasteiger partial charge on any atom is 0.295 e. The molecule has 1 N–H and O–H groups in total. The van der Waals surface area contributed by atoms with Crippen molar-refractivity contribution in [3.05, 3.63) is 101 Å². The van der Waals surface area contributed by atoms with Gasteiger partial charge in [0.2, 0.25) is 0 Å². The first-order valence-corrected chi connectivity index (χ1v) is 14.6. The molecule has 2 aliphatic rings. The molecule has 0 saturated carbocycles. The summed E-state index contributed by atoms with van der Waals surface area (Å²) < 4.78 is 17.2. The van der Waals surface area contributed by atoms with Crippen molar-refractivity contribution in [2.45, 2.75) is 32.4 Å². The van der Waals surface area contributed by atoms with Crippen molar-refractivity contribution >= 4 is 17.4 Å². The highest BCUT2D eigenvalue weighted by Crippen LogP contribution is 2.40. The molecule has 2 saturated heterocycles. The minimum atomic E-state index is -0.718. The van der Waals surface area contributed by atoms with Crippen LogP contribution in [-0.4, -0.2) is 72.6 Å². The summed E-state index contributed by atoms with van der Waals surface area (Å²) in [6, 6.07) is 23.5. The van der Waals surface area contributed by atoms with Crippen molar-refractivity contribution in [3.63, 3.8) is 0 Å². The Bertz CT molecular complexity index is 1370. The van der Waals surface area contributed by atoms with Crippen LogP contribution in [0.25, 0.3) is 5.76 Å². The fourth-order valence-corrected chi connectivity index (χ4v) is 5.22. The number of likely N-dealkylation sites (tertiary alicyclic amines) is 1. The van der Waals surface area contributed by atoms with E-state index in [0.717, 1.165) is 42.8 Å². The maximum atomic E-state index is 13.4. The zero-order chi connectivity index (χ0) is 29.3. The quantitative estimate of drug-likeness (QED) is 0.139. The molecular weight excluding hydrogens is 532 g/mol. The van der Waals surface area contributed by atoms with Gasteiger partial charge in [-0.3, -0.25) is 14.5 Å². The summed E-state index contributed by atoms with van der Waals surface area (Å²) in [6.45, 7) is 6.95. The third-order valence-corrected chi connectivity index (χ3v) is 7.64. The smallest absolute Gasteiger partial charge is 0.295 e. The summed E-state index contributed by atoms with van der Waals surface area (Å²) in [7, 11) is 0. The first-order valence-electron chi connectivity index (χ1n) is 14.6. The van der Waals surface area contributed by atoms with E-state index in [-0.39, 0.29) is 11.3 Å². The monoisotopic (exact) mass is 570 g/mol. The van der Waals surface area contributed by atoms with Gasteiger partial charge in [0.15, 0.2) is 0 Å². The van der Waals surface area contributed by atoms with Crippen molar-refractivity contribution in [3.8, 4) is 11.5 Å². The van der Waals surface area contributed by atoms with Crippen molar-refractivity contribution in [1.29, 1.82) is 0 Å². The van der Waals surface area contributed by atoms with Crippen LogP contribution in [0.5, 0.6) is 11.5 Å². The molecule has 2 heterocycles. The molecule has 5 rings (SSSR count). The summed E-state index contributed by atoms with van der Waals surface area (Å²) >= 11 is 0. The number of hydrogen-bond donors (Lipinski definition) is 1. The largest absolute Gasteiger partial charge is 0.507 e. The van der Waals surface area contributed by atoms with E-state index in [1.807, 2.05) is 54.6 Å². The van der Waals surface area contributed by atoms with Gasteiger partial charge in [0.05, 0.1) is 31.4 Å². The second kappa shape index (κ2) is 14.2. The number of morpholine rings is 1. The molecule has 0 aliphatic carbocycles. The Kier molecular flexibility index (Phi) is 9.90. The summed E-state index contributed by atoms with van der Waals surface area (Å²) in [4.78, 5) is 30.6. The van der Waals surface area contributed by atoms with Crippen LogP contribution >= 0.6 is 0 Å². The molecular formula is C34H38N2O6. The summed E-state index contributed by atoms with van der Waals surface area (Å²) in [5, 5.41) is 11.5. The van der Waals surface area contributed by atoms with Crippen LogP contribution in [0.2, 0.25) is 0 Å². The molecule has 0 bridgehead atoms. The predicted octanol–water partition coefficient (Wildman–Crippen LogP) is 5.20. The van der Waals surface area contributed by atoms with Crippen LogP contribution in [0.1, 0.15) is 42.5 Å². The molecule has 2 aliphatic heterocycles. The Morgan fingerprint density at radius 1 is 0.881 bits per heavy atom. The normalized spacial score (nSPS) is 18.8. The summed E-state index contributed by atoms with van der Waals surface area (Å²) in [5.74, 6) is -0.140. The molecule has 0 radical (unpaired) electrons. The molecule has 3 aromatic carbocycles. The molecule has 8 heteroatoms. The van der Waals surface area contributed by atoms with E-state index >= 15 is 0 Å². The van der Waals surface area contributed by atoms with Gasteiger partial charge in [-0.15, -0.1) is 0 Å². The average molecular weight is 571 g/mol. The van der Waals surface area contributed by atoms with Crippen molar-refractivity contribution < 1.29 is 28.9 Å². The molecule has 1 amide bonds. The number of nitrogens with zero attached hydrogens (tertiary/aromatic N) is 2. The van der Waals surface area contributed by atoms with E-state index in [9.17, 15) is 14.7 Å². The zero-order valence-corrected chi connectivity index (χ0v) is 24.0. The average Bonchev–Trinajstić information content (AvgIpc) is 3.29. The number of hydrogen-bond acceptors (Lipinski definition) is 7. The van der Waals surface area contributed by atoms with Gasteiger partial charge in [-0.05, 0) is 53.9 Å². The number of Topliss-reactive ketones (excluding diaryl/α,β-unsaturated/α-hetero) is 1. The van der Waals surface area contributed by atoms with Crippen LogP contribution in [0, 0.1) is 0 Å². The number of rotatable bonds is 12. The highest BCUT2D eigenvalue weighted by Gasteiger charge is 2.46. The van der Waals surface area contributed by atoms with E-state index in [0.29, 0.717) is 50.8 Å². The lowest BCUT2D eigenvalue weighted by atomic mass is 9.95. The number of unbranched alkanes of at least 4 members (excludes halogenated alkanes) is 1. The Hall–Kier alpha value is -4.14. The summed E-state index contributed by atoms with van der Waals surface area (Å²) in [5.41, 5.74) is 2.31. The van der Waals surface area contributed by atoms with Gasteiger partial charge in [-0.1, -0.05) is 55.8 Å². The Morgan fingerprint density at radius 3 is 2.24 bits per heavy atom. The van der Waals surface area contributed by atoms with Gasteiger partial charge in [-0.25, -0.2) is 0 Å². The van der Waals surface area contributed by atoms with Gasteiger partial charge in [0.25, 0.3) is 11.7 Å². The second-order valence-electron chi connectivity index (χ2n) is 10.5. The van der Waals surface area contributed by atoms with E-state index in [1.54, 1.807) is 29.2 Å². The number of amides is 1. The van der Waals surface area contributed by atoms with Gasteiger partial charge in [0, 0.05) is 31.7 Å². The molecule has 1 atom stereocenters.